The van der Waals surface area contributed by atoms with E-state index >= 15 is 0 Å². The molecule has 1 aliphatic heterocycles. The molecule has 4 heteroatoms. The van der Waals surface area contributed by atoms with Crippen LogP contribution in [0.3, 0.4) is 0 Å². The van der Waals surface area contributed by atoms with Gasteiger partial charge in [-0.3, -0.25) is 0 Å². The van der Waals surface area contributed by atoms with Gasteiger partial charge in [-0.15, -0.1) is 0 Å². The van der Waals surface area contributed by atoms with Crippen molar-refractivity contribution < 1.29 is 13.9 Å². The van der Waals surface area contributed by atoms with Gasteiger partial charge < -0.3 is 9.15 Å². The lowest BCUT2D eigenvalue weighted by Crippen LogP contribution is -2.10. The lowest BCUT2D eigenvalue weighted by Gasteiger charge is -2.18. The molecule has 0 saturated heterocycles. The summed E-state index contributed by atoms with van der Waals surface area (Å²) in [5.41, 5.74) is 2.63. The van der Waals surface area contributed by atoms with E-state index in [1.165, 1.54) is 5.56 Å². The first kappa shape index (κ1) is 16.2. The van der Waals surface area contributed by atoms with Crippen LogP contribution in [0.5, 0.6) is 0 Å². The van der Waals surface area contributed by atoms with E-state index in [0.717, 1.165) is 11.3 Å². The Morgan fingerprint density at radius 2 is 1.83 bits per heavy atom. The number of rotatable bonds is 4. The average molecular weight is 323 g/mol. The summed E-state index contributed by atoms with van der Waals surface area (Å²) in [6, 6.07) is 11.9. The van der Waals surface area contributed by atoms with Gasteiger partial charge in [0, 0.05) is 12.8 Å². The summed E-state index contributed by atoms with van der Waals surface area (Å²) in [6.45, 7) is 6.51. The summed E-state index contributed by atoms with van der Waals surface area (Å²) in [5, 5.41) is 0. The molecule has 0 amide bonds. The number of carbonyl (C=O) groups is 1. The van der Waals surface area contributed by atoms with E-state index in [1.54, 1.807) is 12.3 Å². The van der Waals surface area contributed by atoms with E-state index in [-0.39, 0.29) is 5.41 Å². The topological polar surface area (TPSA) is 51.8 Å². The van der Waals surface area contributed by atoms with E-state index < -0.39 is 5.97 Å². The molecule has 1 aliphatic rings. The Kier molecular flexibility index (Phi) is 4.38. The van der Waals surface area contributed by atoms with Crippen LogP contribution < -0.4 is 0 Å². The van der Waals surface area contributed by atoms with Crippen LogP contribution in [-0.4, -0.2) is 11.9 Å². The molecule has 0 bridgehead atoms. The van der Waals surface area contributed by atoms with E-state index in [2.05, 4.69) is 37.9 Å². The van der Waals surface area contributed by atoms with Crippen LogP contribution in [0.25, 0.3) is 6.08 Å². The van der Waals surface area contributed by atoms with Crippen molar-refractivity contribution in [2.24, 2.45) is 4.99 Å². The molecular formula is C20H21NO3. The second-order valence-corrected chi connectivity index (χ2v) is 6.88. The Bertz CT molecular complexity index is 775. The number of esters is 1. The summed E-state index contributed by atoms with van der Waals surface area (Å²) in [7, 11) is 0. The van der Waals surface area contributed by atoms with Gasteiger partial charge >= 0.3 is 5.97 Å². The molecule has 0 atom stereocenters. The molecule has 3 rings (SSSR count). The molecule has 2 heterocycles. The monoisotopic (exact) mass is 323 g/mol. The maximum Gasteiger partial charge on any atom is 0.363 e. The fourth-order valence-electron chi connectivity index (χ4n) is 2.48. The van der Waals surface area contributed by atoms with Gasteiger partial charge in [0.05, 0.1) is 6.26 Å². The molecule has 0 unspecified atom stereocenters. The minimum atomic E-state index is -0.399. The molecule has 24 heavy (non-hydrogen) atoms. The minimum absolute atomic E-state index is 0.106. The average Bonchev–Trinajstić information content (AvgIpc) is 3.15. The molecule has 0 aliphatic carbocycles. The van der Waals surface area contributed by atoms with E-state index in [9.17, 15) is 4.79 Å². The number of nitrogens with zero attached hydrogens (tertiary/aromatic N) is 1. The van der Waals surface area contributed by atoms with Gasteiger partial charge in [0.1, 0.15) is 5.76 Å². The smallest absolute Gasteiger partial charge is 0.363 e. The van der Waals surface area contributed by atoms with Crippen molar-refractivity contribution in [3.05, 3.63) is 65.2 Å². The highest BCUT2D eigenvalue weighted by Crippen LogP contribution is 2.24. The molecule has 124 valence electrons. The van der Waals surface area contributed by atoms with Crippen molar-refractivity contribution in [2.45, 2.75) is 39.0 Å². The fourth-order valence-corrected chi connectivity index (χ4v) is 2.48. The predicted octanol–water partition coefficient (Wildman–Crippen LogP) is 4.51. The molecule has 4 nitrogen and oxygen atoms in total. The van der Waals surface area contributed by atoms with Gasteiger partial charge in [0.2, 0.25) is 0 Å². The zero-order chi connectivity index (χ0) is 17.2. The quantitative estimate of drug-likeness (QED) is 0.614. The third-order valence-corrected chi connectivity index (χ3v) is 3.91. The summed E-state index contributed by atoms with van der Waals surface area (Å²) >= 11 is 0. The second-order valence-electron chi connectivity index (χ2n) is 6.88. The standard InChI is InChI=1S/C20H21NO3/c1-20(2,3)15-8-6-14(7-9-15)13-17-19(22)24-18(21-17)11-10-16-5-4-12-23-16/h4-9,12-13H,10-11H2,1-3H3/b17-13+. The van der Waals surface area contributed by atoms with Crippen molar-refractivity contribution in [1.82, 2.24) is 0 Å². The molecule has 0 radical (unpaired) electrons. The molecule has 2 aromatic rings. The number of aliphatic imine (C=N–C) groups is 1. The van der Waals surface area contributed by atoms with Gasteiger partial charge in [0.15, 0.2) is 11.6 Å². The highest BCUT2D eigenvalue weighted by molar-refractivity contribution is 6.07. The van der Waals surface area contributed by atoms with Crippen molar-refractivity contribution in [1.29, 1.82) is 0 Å². The van der Waals surface area contributed by atoms with E-state index in [0.29, 0.717) is 24.4 Å². The zero-order valence-electron chi connectivity index (χ0n) is 14.2. The van der Waals surface area contributed by atoms with Crippen LogP contribution in [0.4, 0.5) is 0 Å². The lowest BCUT2D eigenvalue weighted by atomic mass is 9.87. The van der Waals surface area contributed by atoms with Crippen molar-refractivity contribution in [2.75, 3.05) is 0 Å². The predicted molar refractivity (Wildman–Crippen MR) is 93.7 cm³/mol. The van der Waals surface area contributed by atoms with Gasteiger partial charge in [0.25, 0.3) is 0 Å². The second kappa shape index (κ2) is 6.48. The first-order chi connectivity index (χ1) is 11.4. The molecule has 1 aromatic heterocycles. The Morgan fingerprint density at radius 1 is 1.08 bits per heavy atom. The van der Waals surface area contributed by atoms with Crippen LogP contribution in [0.1, 0.15) is 44.1 Å². The van der Waals surface area contributed by atoms with E-state index in [1.807, 2.05) is 24.3 Å². The largest absolute Gasteiger partial charge is 0.469 e. The van der Waals surface area contributed by atoms with Crippen molar-refractivity contribution >= 4 is 17.9 Å². The number of ether oxygens (including phenoxy) is 1. The lowest BCUT2D eigenvalue weighted by molar-refractivity contribution is -0.130. The summed E-state index contributed by atoms with van der Waals surface area (Å²) < 4.78 is 10.5. The number of furan rings is 1. The van der Waals surface area contributed by atoms with Crippen LogP contribution in [0.15, 0.2) is 57.8 Å². The molecule has 0 fully saturated rings. The van der Waals surface area contributed by atoms with Gasteiger partial charge in [-0.2, -0.15) is 0 Å². The molecule has 0 N–H and O–H groups in total. The number of benzene rings is 1. The summed E-state index contributed by atoms with van der Waals surface area (Å²) in [4.78, 5) is 16.2. The third kappa shape index (κ3) is 3.82. The molecule has 1 aromatic carbocycles. The normalized spacial score (nSPS) is 16.4. The molecular weight excluding hydrogens is 302 g/mol. The zero-order valence-corrected chi connectivity index (χ0v) is 14.2. The number of hydrogen-bond donors (Lipinski definition) is 0. The number of cyclic esters (lactones) is 1. The number of carbonyl (C=O) groups excluding carboxylic acids is 1. The van der Waals surface area contributed by atoms with Crippen LogP contribution in [-0.2, 0) is 21.4 Å². The fraction of sp³-hybridized carbons (Fsp3) is 0.300. The Balaban J connectivity index is 1.71. The highest BCUT2D eigenvalue weighted by Gasteiger charge is 2.23. The van der Waals surface area contributed by atoms with Gasteiger partial charge in [-0.25, -0.2) is 9.79 Å². The Hall–Kier alpha value is -2.62. The van der Waals surface area contributed by atoms with Crippen LogP contribution in [0, 0.1) is 0 Å². The number of hydrogen-bond acceptors (Lipinski definition) is 4. The van der Waals surface area contributed by atoms with Gasteiger partial charge in [-0.1, -0.05) is 45.0 Å². The first-order valence-electron chi connectivity index (χ1n) is 8.06. The Labute approximate surface area is 141 Å². The van der Waals surface area contributed by atoms with Crippen LogP contribution >= 0.6 is 0 Å². The molecule has 0 spiro atoms. The SMILES string of the molecule is CC(C)(C)c1ccc(/C=C2/N=C(CCc3ccco3)OC2=O)cc1. The molecule has 0 saturated carbocycles. The van der Waals surface area contributed by atoms with E-state index in [4.69, 9.17) is 9.15 Å². The minimum Gasteiger partial charge on any atom is -0.469 e. The highest BCUT2D eigenvalue weighted by atomic mass is 16.6. The summed E-state index contributed by atoms with van der Waals surface area (Å²) in [6.07, 6.45) is 4.59. The van der Waals surface area contributed by atoms with Crippen molar-refractivity contribution in [3.63, 3.8) is 0 Å². The van der Waals surface area contributed by atoms with Crippen LogP contribution in [0.2, 0.25) is 0 Å². The van der Waals surface area contributed by atoms with Gasteiger partial charge in [-0.05, 0) is 34.8 Å². The summed E-state index contributed by atoms with van der Waals surface area (Å²) in [5.74, 6) is 0.891. The Morgan fingerprint density at radius 3 is 2.46 bits per heavy atom. The first-order valence-corrected chi connectivity index (χ1v) is 8.06. The third-order valence-electron chi connectivity index (χ3n) is 3.91. The van der Waals surface area contributed by atoms with Crippen molar-refractivity contribution in [3.8, 4) is 0 Å². The maximum atomic E-state index is 11.9. The number of aryl methyl sites for hydroxylation is 1. The maximum absolute atomic E-state index is 11.9.